The smallest absolute Gasteiger partial charge is 0.373 e. The molecule has 1 fully saturated rings. The Morgan fingerprint density at radius 1 is 0.972 bits per heavy atom. The molecular formula is C19H32NO16+. The quantitative estimate of drug-likeness (QED) is 0.0506. The van der Waals surface area contributed by atoms with Crippen LogP contribution in [0.3, 0.4) is 0 Å². The molecule has 17 heteroatoms. The van der Waals surface area contributed by atoms with Crippen molar-refractivity contribution in [1.29, 1.82) is 0 Å². The first-order valence-corrected chi connectivity index (χ1v) is 10.6. The number of aliphatic carboxylic acids is 3. The van der Waals surface area contributed by atoms with Crippen molar-refractivity contribution in [2.24, 2.45) is 0 Å². The van der Waals surface area contributed by atoms with Crippen LogP contribution in [0.4, 0.5) is 0 Å². The van der Waals surface area contributed by atoms with Crippen LogP contribution in [0, 0.1) is 0 Å². The maximum atomic E-state index is 11.7. The topological polar surface area (TPSA) is 284 Å². The number of aliphatic hydroxyl groups is 7. The van der Waals surface area contributed by atoms with E-state index in [0.29, 0.717) is 4.58 Å². The highest BCUT2D eigenvalue weighted by Crippen LogP contribution is 2.24. The summed E-state index contributed by atoms with van der Waals surface area (Å²) in [7, 11) is 0. The van der Waals surface area contributed by atoms with E-state index in [1.165, 1.54) is 0 Å². The first-order chi connectivity index (χ1) is 16.9. The van der Waals surface area contributed by atoms with Crippen molar-refractivity contribution in [3.63, 3.8) is 0 Å². The van der Waals surface area contributed by atoms with Crippen LogP contribution < -0.4 is 0 Å². The van der Waals surface area contributed by atoms with E-state index in [1.807, 2.05) is 0 Å². The predicted octanol–water partition coefficient (Wildman–Crippen LogP) is -5.31. The molecule has 9 atom stereocenters. The van der Waals surface area contributed by atoms with E-state index in [1.54, 1.807) is 0 Å². The van der Waals surface area contributed by atoms with Crippen molar-refractivity contribution in [3.05, 3.63) is 0 Å². The minimum Gasteiger partial charge on any atom is -0.481 e. The molecule has 0 spiro atoms. The molecule has 1 rings (SSSR count). The van der Waals surface area contributed by atoms with Crippen LogP contribution in [0.1, 0.15) is 19.3 Å². The van der Waals surface area contributed by atoms with Gasteiger partial charge in [-0.3, -0.25) is 9.59 Å². The summed E-state index contributed by atoms with van der Waals surface area (Å²) in [5.41, 5.74) is 0. The molecule has 0 aromatic heterocycles. The number of nitrogens with zero attached hydrogens (tertiary/aromatic N) is 1. The Bertz CT molecular complexity index is 760. The van der Waals surface area contributed by atoms with Gasteiger partial charge in [-0.2, -0.15) is 4.58 Å². The average Bonchev–Trinajstić information content (AvgIpc) is 2.80. The molecular weight excluding hydrogens is 498 g/mol. The van der Waals surface area contributed by atoms with Gasteiger partial charge in [0.1, 0.15) is 30.5 Å². The lowest BCUT2D eigenvalue weighted by atomic mass is 9.99. The van der Waals surface area contributed by atoms with Crippen molar-refractivity contribution in [2.45, 2.75) is 74.5 Å². The van der Waals surface area contributed by atoms with Gasteiger partial charge in [-0.1, -0.05) is 0 Å². The average molecular weight is 530 g/mol. The molecule has 0 bridgehead atoms. The second kappa shape index (κ2) is 15.1. The van der Waals surface area contributed by atoms with Gasteiger partial charge in [0.05, 0.1) is 26.1 Å². The van der Waals surface area contributed by atoms with Gasteiger partial charge in [0, 0.05) is 6.42 Å². The molecule has 0 radical (unpaired) electrons. The Kier molecular flexibility index (Phi) is 13.3. The van der Waals surface area contributed by atoms with E-state index >= 15 is 0 Å². The van der Waals surface area contributed by atoms with Gasteiger partial charge in [0.2, 0.25) is 6.73 Å². The summed E-state index contributed by atoms with van der Waals surface area (Å²) in [5.74, 6) is -4.37. The minimum absolute atomic E-state index is 0.499. The molecule has 1 heterocycles. The monoisotopic (exact) mass is 530 g/mol. The number of carbonyl (C=O) groups is 3. The number of hydrogen-bond acceptors (Lipinski definition) is 13. The van der Waals surface area contributed by atoms with E-state index < -0.39 is 112 Å². The number of carboxylic acid groups (broad SMARTS) is 3. The van der Waals surface area contributed by atoms with Gasteiger partial charge in [-0.05, 0) is 0 Å². The fourth-order valence-electron chi connectivity index (χ4n) is 3.31. The van der Waals surface area contributed by atoms with Crippen molar-refractivity contribution >= 4 is 24.1 Å². The van der Waals surface area contributed by atoms with Crippen molar-refractivity contribution in [3.8, 4) is 0 Å². The van der Waals surface area contributed by atoms with Crippen molar-refractivity contribution < 1.29 is 84.2 Å². The number of ether oxygens (including phenoxy) is 3. The Morgan fingerprint density at radius 2 is 1.61 bits per heavy atom. The Labute approximate surface area is 203 Å². The van der Waals surface area contributed by atoms with Gasteiger partial charge < -0.3 is 65.3 Å². The number of aliphatic hydroxyl groups excluding tert-OH is 7. The summed E-state index contributed by atoms with van der Waals surface area (Å²) < 4.78 is 16.4. The van der Waals surface area contributed by atoms with Gasteiger partial charge in [-0.15, -0.1) is 0 Å². The summed E-state index contributed by atoms with van der Waals surface area (Å²) in [6.07, 6.45) is -15.5. The lowest BCUT2D eigenvalue weighted by molar-refractivity contribution is -0.587. The summed E-state index contributed by atoms with van der Waals surface area (Å²) in [6.45, 7) is -2.85. The molecule has 0 aliphatic carbocycles. The summed E-state index contributed by atoms with van der Waals surface area (Å²) in [4.78, 5) is 33.4. The van der Waals surface area contributed by atoms with Crippen molar-refractivity contribution in [1.82, 2.24) is 0 Å². The largest absolute Gasteiger partial charge is 0.481 e. The second-order valence-electron chi connectivity index (χ2n) is 7.80. The molecule has 36 heavy (non-hydrogen) atoms. The van der Waals surface area contributed by atoms with Crippen LogP contribution >= 0.6 is 0 Å². The van der Waals surface area contributed by atoms with Crippen LogP contribution in [0.15, 0.2) is 0 Å². The molecule has 0 saturated carbocycles. The van der Waals surface area contributed by atoms with Crippen molar-refractivity contribution in [2.75, 3.05) is 19.9 Å². The van der Waals surface area contributed by atoms with Crippen LogP contribution in [-0.4, -0.2) is 155 Å². The predicted molar refractivity (Wildman–Crippen MR) is 111 cm³/mol. The van der Waals surface area contributed by atoms with E-state index in [0.717, 1.165) is 6.21 Å². The fourth-order valence-corrected chi connectivity index (χ4v) is 3.31. The third-order valence-corrected chi connectivity index (χ3v) is 5.19. The second-order valence-corrected chi connectivity index (χ2v) is 7.80. The van der Waals surface area contributed by atoms with E-state index in [2.05, 4.69) is 0 Å². The molecule has 1 saturated heterocycles. The maximum Gasteiger partial charge on any atom is 0.373 e. The van der Waals surface area contributed by atoms with Crippen LogP contribution in [0.5, 0.6) is 0 Å². The van der Waals surface area contributed by atoms with E-state index in [9.17, 15) is 55.2 Å². The van der Waals surface area contributed by atoms with Crippen LogP contribution in [0.2, 0.25) is 0 Å². The molecule has 1 aliphatic heterocycles. The highest BCUT2D eigenvalue weighted by molar-refractivity contribution is 5.74. The molecule has 1 aliphatic rings. The highest BCUT2D eigenvalue weighted by atomic mass is 16.7. The molecule has 0 aromatic rings. The minimum atomic E-state index is -2.00. The van der Waals surface area contributed by atoms with Gasteiger partial charge in [0.25, 0.3) is 6.04 Å². The maximum absolute atomic E-state index is 11.7. The highest BCUT2D eigenvalue weighted by Gasteiger charge is 2.46. The molecule has 1 unspecified atom stereocenters. The van der Waals surface area contributed by atoms with E-state index in [-0.39, 0.29) is 0 Å². The Hall–Kier alpha value is -2.32. The first kappa shape index (κ1) is 31.7. The summed E-state index contributed by atoms with van der Waals surface area (Å²) in [5, 5.41) is 96.0. The van der Waals surface area contributed by atoms with E-state index in [4.69, 9.17) is 24.4 Å². The zero-order valence-electron chi connectivity index (χ0n) is 18.9. The fraction of sp³-hybridized carbons (Fsp3) is 0.789. The Balaban J connectivity index is 3.38. The standard InChI is InChI=1S/C19H31NO16/c21-5-10(34-14(28)3-13(26)27)9(4-20(7-23)8(18(32)33)1-2-12(24)25)35-19-17(31)16(30)15(29)11(6-22)36-19/h4,8-11,14-17,19,21-23,28-31H,1-3,5-7H2,(H2-,24,25,26,27,32,33)/p+1/b20-4+/t8?,9-,10+,11+,14-,15+,16-,17+,19-/m0/s1. The van der Waals surface area contributed by atoms with Crippen LogP contribution in [-0.2, 0) is 28.6 Å². The van der Waals surface area contributed by atoms with Gasteiger partial charge in [-0.25, -0.2) is 4.79 Å². The summed E-state index contributed by atoms with van der Waals surface area (Å²) >= 11 is 0. The zero-order chi connectivity index (χ0) is 27.6. The van der Waals surface area contributed by atoms with Crippen LogP contribution in [0.25, 0.3) is 0 Å². The summed E-state index contributed by atoms with van der Waals surface area (Å²) in [6, 6.07) is -1.64. The van der Waals surface area contributed by atoms with Gasteiger partial charge in [0.15, 0.2) is 24.9 Å². The number of carboxylic acids is 3. The molecule has 0 amide bonds. The van der Waals surface area contributed by atoms with Gasteiger partial charge >= 0.3 is 17.9 Å². The Morgan fingerprint density at radius 3 is 2.08 bits per heavy atom. The molecule has 0 aromatic carbocycles. The first-order valence-electron chi connectivity index (χ1n) is 10.6. The normalized spacial score (nSPS) is 28.2. The SMILES string of the molecule is O=C(O)CCC(C(=O)O)/[N+](=C/[C@H](O[C@H]1O[C@H](CO)[C@@H](O)[C@H](O)[C@H]1O)[C@@H](CO)O[C@H](O)CC(=O)O)CO. The third-order valence-electron chi connectivity index (χ3n) is 5.19. The molecule has 10 N–H and O–H groups in total. The number of hydrogen-bond donors (Lipinski definition) is 10. The lowest BCUT2D eigenvalue weighted by Crippen LogP contribution is -2.60. The third kappa shape index (κ3) is 9.28. The zero-order valence-corrected chi connectivity index (χ0v) is 18.9. The molecule has 208 valence electrons. The molecule has 17 nitrogen and oxygen atoms in total. The lowest BCUT2D eigenvalue weighted by Gasteiger charge is -2.41. The number of rotatable bonds is 16.